The summed E-state index contributed by atoms with van der Waals surface area (Å²) < 4.78 is 4.94. The molecule has 1 heterocycles. The molecule has 0 radical (unpaired) electrons. The fourth-order valence-electron chi connectivity index (χ4n) is 1.67. The molecule has 0 atom stereocenters. The van der Waals surface area contributed by atoms with E-state index >= 15 is 0 Å². The predicted molar refractivity (Wildman–Crippen MR) is 83.3 cm³/mol. The molecule has 22 heavy (non-hydrogen) atoms. The van der Waals surface area contributed by atoms with Gasteiger partial charge in [0.15, 0.2) is 0 Å². The van der Waals surface area contributed by atoms with Crippen LogP contribution in [-0.4, -0.2) is 31.1 Å². The molecule has 114 valence electrons. The van der Waals surface area contributed by atoms with Gasteiger partial charge in [-0.15, -0.1) is 0 Å². The Kier molecular flexibility index (Phi) is 4.92. The number of nitrogens with one attached hydrogen (secondary N) is 3. The highest BCUT2D eigenvalue weighted by atomic mass is 16.5. The summed E-state index contributed by atoms with van der Waals surface area (Å²) in [6.07, 6.45) is 1.44. The zero-order valence-corrected chi connectivity index (χ0v) is 12.2. The number of rotatable bonds is 4. The quantitative estimate of drug-likeness (QED) is 0.806. The van der Waals surface area contributed by atoms with Gasteiger partial charge in [0, 0.05) is 30.7 Å². The lowest BCUT2D eigenvalue weighted by Crippen LogP contribution is -2.24. The van der Waals surface area contributed by atoms with Gasteiger partial charge in [-0.2, -0.15) is 0 Å². The Balaban J connectivity index is 2.00. The normalized spacial score (nSPS) is 9.73. The lowest BCUT2D eigenvalue weighted by atomic mass is 10.2. The molecule has 7 heteroatoms. The summed E-state index contributed by atoms with van der Waals surface area (Å²) in [5.74, 6) is 0.170. The minimum absolute atomic E-state index is 0.276. The Bertz CT molecular complexity index is 653. The van der Waals surface area contributed by atoms with Crippen LogP contribution < -0.4 is 20.7 Å². The number of benzene rings is 1. The first-order valence-electron chi connectivity index (χ1n) is 6.52. The van der Waals surface area contributed by atoms with Crippen LogP contribution in [0.5, 0.6) is 5.88 Å². The number of anilines is 2. The van der Waals surface area contributed by atoms with Crippen LogP contribution in [-0.2, 0) is 0 Å². The molecule has 0 aliphatic heterocycles. The van der Waals surface area contributed by atoms with E-state index in [1.54, 1.807) is 36.4 Å². The maximum atomic E-state index is 12.1. The van der Waals surface area contributed by atoms with Gasteiger partial charge < -0.3 is 20.7 Å². The minimum atomic E-state index is -0.305. The Hall–Kier alpha value is -3.09. The first-order chi connectivity index (χ1) is 10.6. The van der Waals surface area contributed by atoms with Gasteiger partial charge in [-0.05, 0) is 30.3 Å². The van der Waals surface area contributed by atoms with Crippen molar-refractivity contribution in [1.29, 1.82) is 0 Å². The second-order valence-electron chi connectivity index (χ2n) is 4.32. The molecule has 0 fully saturated rings. The average molecular weight is 300 g/mol. The topological polar surface area (TPSA) is 92.4 Å². The standard InChI is InChI=1S/C15H16N4O3/c1-16-15(21)19-12-6-4-11(5-7-12)18-14(20)10-3-8-13(22-2)17-9-10/h3-9H,1-2H3,(H,18,20)(H2,16,19,21). The third-order valence-corrected chi connectivity index (χ3v) is 2.84. The molecule has 1 aromatic heterocycles. The van der Waals surface area contributed by atoms with Crippen LogP contribution in [0.15, 0.2) is 42.6 Å². The van der Waals surface area contributed by atoms with E-state index in [0.717, 1.165) is 0 Å². The minimum Gasteiger partial charge on any atom is -0.481 e. The first kappa shape index (κ1) is 15.3. The molecule has 7 nitrogen and oxygen atoms in total. The second-order valence-corrected chi connectivity index (χ2v) is 4.32. The molecule has 0 bridgehead atoms. The molecule has 3 amide bonds. The van der Waals surface area contributed by atoms with Crippen molar-refractivity contribution in [3.63, 3.8) is 0 Å². The van der Waals surface area contributed by atoms with Gasteiger partial charge in [0.25, 0.3) is 5.91 Å². The number of methoxy groups -OCH3 is 1. The number of hydrogen-bond donors (Lipinski definition) is 3. The zero-order chi connectivity index (χ0) is 15.9. The third-order valence-electron chi connectivity index (χ3n) is 2.84. The van der Waals surface area contributed by atoms with Crippen LogP contribution in [0.4, 0.5) is 16.2 Å². The van der Waals surface area contributed by atoms with Gasteiger partial charge in [-0.3, -0.25) is 4.79 Å². The number of aromatic nitrogens is 1. The van der Waals surface area contributed by atoms with E-state index in [2.05, 4.69) is 20.9 Å². The third kappa shape index (κ3) is 3.95. The lowest BCUT2D eigenvalue weighted by Gasteiger charge is -2.08. The summed E-state index contributed by atoms with van der Waals surface area (Å²) in [5.41, 5.74) is 1.67. The molecule has 0 saturated carbocycles. The SMILES string of the molecule is CNC(=O)Nc1ccc(NC(=O)c2ccc(OC)nc2)cc1. The first-order valence-corrected chi connectivity index (χ1v) is 6.52. The van der Waals surface area contributed by atoms with Gasteiger partial charge in [-0.1, -0.05) is 0 Å². The summed E-state index contributed by atoms with van der Waals surface area (Å²) >= 11 is 0. The second kappa shape index (κ2) is 7.07. The number of hydrogen-bond acceptors (Lipinski definition) is 4. The molecule has 0 saturated heterocycles. The van der Waals surface area contributed by atoms with Crippen molar-refractivity contribution < 1.29 is 14.3 Å². The Morgan fingerprint density at radius 3 is 2.14 bits per heavy atom. The van der Waals surface area contributed by atoms with Crippen molar-refractivity contribution in [2.45, 2.75) is 0 Å². The van der Waals surface area contributed by atoms with Gasteiger partial charge in [0.1, 0.15) is 0 Å². The summed E-state index contributed by atoms with van der Waals surface area (Å²) in [4.78, 5) is 27.2. The van der Waals surface area contributed by atoms with Crippen molar-refractivity contribution in [3.05, 3.63) is 48.2 Å². The number of carbonyl (C=O) groups is 2. The molecule has 0 unspecified atom stereocenters. The lowest BCUT2D eigenvalue weighted by molar-refractivity contribution is 0.102. The molecule has 2 rings (SSSR count). The van der Waals surface area contributed by atoms with E-state index in [-0.39, 0.29) is 11.9 Å². The monoisotopic (exact) mass is 300 g/mol. The highest BCUT2D eigenvalue weighted by Gasteiger charge is 2.07. The Morgan fingerprint density at radius 2 is 1.64 bits per heavy atom. The van der Waals surface area contributed by atoms with Crippen molar-refractivity contribution in [2.75, 3.05) is 24.8 Å². The van der Waals surface area contributed by atoms with Crippen molar-refractivity contribution in [2.24, 2.45) is 0 Å². The fraction of sp³-hybridized carbons (Fsp3) is 0.133. The summed E-state index contributed by atoms with van der Waals surface area (Å²) in [6.45, 7) is 0. The molecule has 3 N–H and O–H groups in total. The maximum absolute atomic E-state index is 12.1. The van der Waals surface area contributed by atoms with Crippen LogP contribution in [0.2, 0.25) is 0 Å². The van der Waals surface area contributed by atoms with Crippen LogP contribution in [0.1, 0.15) is 10.4 Å². The van der Waals surface area contributed by atoms with E-state index in [1.165, 1.54) is 20.4 Å². The molecule has 1 aromatic carbocycles. The number of amides is 3. The van der Waals surface area contributed by atoms with Crippen molar-refractivity contribution in [1.82, 2.24) is 10.3 Å². The number of nitrogens with zero attached hydrogens (tertiary/aromatic N) is 1. The van der Waals surface area contributed by atoms with E-state index in [1.807, 2.05) is 0 Å². The fourth-order valence-corrected chi connectivity index (χ4v) is 1.67. The largest absolute Gasteiger partial charge is 0.481 e. The number of pyridine rings is 1. The van der Waals surface area contributed by atoms with Crippen LogP contribution in [0, 0.1) is 0 Å². The van der Waals surface area contributed by atoms with E-state index in [0.29, 0.717) is 22.8 Å². The molecule has 0 spiro atoms. The van der Waals surface area contributed by atoms with Crippen molar-refractivity contribution in [3.8, 4) is 5.88 Å². The Labute approximate surface area is 127 Å². The predicted octanol–water partition coefficient (Wildman–Crippen LogP) is 2.09. The smallest absolute Gasteiger partial charge is 0.318 e. The summed E-state index contributed by atoms with van der Waals surface area (Å²) in [6, 6.07) is 9.71. The van der Waals surface area contributed by atoms with Crippen LogP contribution >= 0.6 is 0 Å². The van der Waals surface area contributed by atoms with Crippen LogP contribution in [0.25, 0.3) is 0 Å². The molecule has 0 aliphatic rings. The van der Waals surface area contributed by atoms with E-state index in [9.17, 15) is 9.59 Å². The van der Waals surface area contributed by atoms with Crippen molar-refractivity contribution >= 4 is 23.3 Å². The Morgan fingerprint density at radius 1 is 1.00 bits per heavy atom. The summed E-state index contributed by atoms with van der Waals surface area (Å²) in [5, 5.41) is 7.83. The summed E-state index contributed by atoms with van der Waals surface area (Å²) in [7, 11) is 3.04. The van der Waals surface area contributed by atoms with Gasteiger partial charge in [0.05, 0.1) is 12.7 Å². The molecular formula is C15H16N4O3. The average Bonchev–Trinajstić information content (AvgIpc) is 2.56. The van der Waals surface area contributed by atoms with Gasteiger partial charge >= 0.3 is 6.03 Å². The number of urea groups is 1. The molecule has 2 aromatic rings. The van der Waals surface area contributed by atoms with Crippen LogP contribution in [0.3, 0.4) is 0 Å². The zero-order valence-electron chi connectivity index (χ0n) is 12.2. The highest BCUT2D eigenvalue weighted by molar-refractivity contribution is 6.04. The molecular weight excluding hydrogens is 284 g/mol. The van der Waals surface area contributed by atoms with Gasteiger partial charge in [0.2, 0.25) is 5.88 Å². The van der Waals surface area contributed by atoms with E-state index < -0.39 is 0 Å². The highest BCUT2D eigenvalue weighted by Crippen LogP contribution is 2.15. The number of ether oxygens (including phenoxy) is 1. The van der Waals surface area contributed by atoms with E-state index in [4.69, 9.17) is 4.74 Å². The van der Waals surface area contributed by atoms with Gasteiger partial charge in [-0.25, -0.2) is 9.78 Å². The maximum Gasteiger partial charge on any atom is 0.318 e. The number of carbonyl (C=O) groups excluding carboxylic acids is 2. The molecule has 0 aliphatic carbocycles.